The number of hydrogen-bond donors (Lipinski definition) is 0. The molecule has 0 N–H and O–H groups in total. The highest BCUT2D eigenvalue weighted by molar-refractivity contribution is 6.29. The Morgan fingerprint density at radius 1 is 1.44 bits per heavy atom. The molecule has 6 heteroatoms. The van der Waals surface area contributed by atoms with Gasteiger partial charge >= 0.3 is 5.69 Å². The van der Waals surface area contributed by atoms with Gasteiger partial charge in [-0.25, -0.2) is 4.98 Å². The fourth-order valence-corrected chi connectivity index (χ4v) is 2.50. The number of pyridine rings is 1. The fraction of sp³-hybridized carbons (Fsp3) is 0.583. The normalized spacial score (nSPS) is 20.6. The quantitative estimate of drug-likeness (QED) is 0.469. The molecular weight excluding hydrogens is 254 g/mol. The molecule has 2 rings (SSSR count). The average molecular weight is 270 g/mol. The third-order valence-electron chi connectivity index (χ3n) is 3.34. The van der Waals surface area contributed by atoms with Crippen LogP contribution in [0, 0.1) is 10.1 Å². The zero-order valence-electron chi connectivity index (χ0n) is 10.3. The van der Waals surface area contributed by atoms with E-state index in [0.29, 0.717) is 11.0 Å². The second-order valence-electron chi connectivity index (χ2n) is 4.63. The van der Waals surface area contributed by atoms with Gasteiger partial charge in [-0.1, -0.05) is 24.4 Å². The molecule has 1 atom stereocenters. The lowest BCUT2D eigenvalue weighted by Gasteiger charge is -2.27. The van der Waals surface area contributed by atoms with Crippen molar-refractivity contribution in [3.8, 4) is 0 Å². The van der Waals surface area contributed by atoms with Crippen LogP contribution in [0.4, 0.5) is 11.5 Å². The standard InChI is InChI=1S/C12H16ClN3O2/c1-9-5-3-2-4-8-15(9)12-10(16(17)18)6-7-11(13)14-12/h6-7,9H,2-5,8H2,1H3. The molecule has 5 nitrogen and oxygen atoms in total. The summed E-state index contributed by atoms with van der Waals surface area (Å²) in [6.07, 6.45) is 4.39. The van der Waals surface area contributed by atoms with E-state index in [1.807, 2.05) is 4.90 Å². The molecule has 98 valence electrons. The molecular formula is C12H16ClN3O2. The molecule has 1 aromatic heterocycles. The van der Waals surface area contributed by atoms with Crippen LogP contribution in [0.1, 0.15) is 32.6 Å². The van der Waals surface area contributed by atoms with E-state index in [-0.39, 0.29) is 11.7 Å². The van der Waals surface area contributed by atoms with Crippen LogP contribution in [-0.4, -0.2) is 22.5 Å². The van der Waals surface area contributed by atoms with Gasteiger partial charge in [0, 0.05) is 18.7 Å². The lowest BCUT2D eigenvalue weighted by atomic mass is 10.1. The molecule has 1 fully saturated rings. The monoisotopic (exact) mass is 269 g/mol. The molecule has 1 aliphatic heterocycles. The van der Waals surface area contributed by atoms with Gasteiger partial charge in [-0.15, -0.1) is 0 Å². The van der Waals surface area contributed by atoms with E-state index < -0.39 is 4.92 Å². The van der Waals surface area contributed by atoms with Crippen LogP contribution in [0.3, 0.4) is 0 Å². The smallest absolute Gasteiger partial charge is 0.311 e. The molecule has 0 aliphatic carbocycles. The summed E-state index contributed by atoms with van der Waals surface area (Å²) in [5.41, 5.74) is 0.0353. The summed E-state index contributed by atoms with van der Waals surface area (Å²) in [6.45, 7) is 2.88. The van der Waals surface area contributed by atoms with E-state index in [4.69, 9.17) is 11.6 Å². The Morgan fingerprint density at radius 3 is 2.94 bits per heavy atom. The van der Waals surface area contributed by atoms with Crippen LogP contribution in [0.5, 0.6) is 0 Å². The van der Waals surface area contributed by atoms with Crippen molar-refractivity contribution < 1.29 is 4.92 Å². The largest absolute Gasteiger partial charge is 0.348 e. The number of nitrogens with zero attached hydrogens (tertiary/aromatic N) is 3. The number of rotatable bonds is 2. The first-order valence-electron chi connectivity index (χ1n) is 6.17. The van der Waals surface area contributed by atoms with Gasteiger partial charge in [-0.2, -0.15) is 0 Å². The Kier molecular flexibility index (Phi) is 4.01. The molecule has 0 amide bonds. The van der Waals surface area contributed by atoms with E-state index in [1.165, 1.54) is 12.1 Å². The molecule has 18 heavy (non-hydrogen) atoms. The Morgan fingerprint density at radius 2 is 2.22 bits per heavy atom. The van der Waals surface area contributed by atoms with Gasteiger partial charge < -0.3 is 4.90 Å². The highest BCUT2D eigenvalue weighted by atomic mass is 35.5. The minimum absolute atomic E-state index is 0.0353. The molecule has 0 saturated carbocycles. The van der Waals surface area contributed by atoms with Crippen LogP contribution in [-0.2, 0) is 0 Å². The first kappa shape index (κ1) is 13.1. The Balaban J connectivity index is 2.40. The molecule has 0 bridgehead atoms. The second kappa shape index (κ2) is 5.52. The lowest BCUT2D eigenvalue weighted by Crippen LogP contribution is -2.33. The summed E-state index contributed by atoms with van der Waals surface area (Å²) >= 11 is 5.87. The zero-order valence-corrected chi connectivity index (χ0v) is 11.1. The average Bonchev–Trinajstić information content (AvgIpc) is 2.53. The van der Waals surface area contributed by atoms with Gasteiger partial charge in [0.1, 0.15) is 5.15 Å². The third kappa shape index (κ3) is 2.72. The van der Waals surface area contributed by atoms with Crippen molar-refractivity contribution in [1.29, 1.82) is 0 Å². The Labute approximate surface area is 111 Å². The van der Waals surface area contributed by atoms with E-state index in [2.05, 4.69) is 11.9 Å². The SMILES string of the molecule is CC1CCCCCN1c1nc(Cl)ccc1[N+](=O)[O-]. The van der Waals surface area contributed by atoms with Crippen LogP contribution in [0.2, 0.25) is 5.15 Å². The number of aromatic nitrogens is 1. The summed E-state index contributed by atoms with van der Waals surface area (Å²) in [5.74, 6) is 0.405. The third-order valence-corrected chi connectivity index (χ3v) is 3.55. The minimum atomic E-state index is -0.393. The number of anilines is 1. The second-order valence-corrected chi connectivity index (χ2v) is 5.01. The Hall–Kier alpha value is -1.36. The molecule has 0 spiro atoms. The summed E-state index contributed by atoms with van der Waals surface area (Å²) in [4.78, 5) is 16.8. The van der Waals surface area contributed by atoms with Crippen LogP contribution >= 0.6 is 11.6 Å². The van der Waals surface area contributed by atoms with Crippen molar-refractivity contribution in [2.75, 3.05) is 11.4 Å². The van der Waals surface area contributed by atoms with E-state index in [0.717, 1.165) is 32.2 Å². The first-order valence-corrected chi connectivity index (χ1v) is 6.55. The molecule has 2 heterocycles. The van der Waals surface area contributed by atoms with Crippen LogP contribution < -0.4 is 4.90 Å². The molecule has 0 aromatic carbocycles. The number of hydrogen-bond acceptors (Lipinski definition) is 4. The van der Waals surface area contributed by atoms with Crippen molar-refractivity contribution in [3.05, 3.63) is 27.4 Å². The topological polar surface area (TPSA) is 59.3 Å². The molecule has 1 saturated heterocycles. The van der Waals surface area contributed by atoms with Gasteiger partial charge in [0.25, 0.3) is 0 Å². The summed E-state index contributed by atoms with van der Waals surface area (Å²) < 4.78 is 0. The van der Waals surface area contributed by atoms with E-state index in [1.54, 1.807) is 0 Å². The van der Waals surface area contributed by atoms with Crippen LogP contribution in [0.15, 0.2) is 12.1 Å². The van der Waals surface area contributed by atoms with Crippen molar-refractivity contribution in [1.82, 2.24) is 4.98 Å². The molecule has 0 radical (unpaired) electrons. The van der Waals surface area contributed by atoms with E-state index >= 15 is 0 Å². The van der Waals surface area contributed by atoms with Crippen molar-refractivity contribution in [2.45, 2.75) is 38.6 Å². The van der Waals surface area contributed by atoms with E-state index in [9.17, 15) is 10.1 Å². The number of nitro groups is 1. The predicted octanol–water partition coefficient (Wildman–Crippen LogP) is 3.41. The van der Waals surface area contributed by atoms with Crippen molar-refractivity contribution in [2.24, 2.45) is 0 Å². The highest BCUT2D eigenvalue weighted by Crippen LogP contribution is 2.31. The van der Waals surface area contributed by atoms with Gasteiger partial charge in [0.2, 0.25) is 5.82 Å². The highest BCUT2D eigenvalue weighted by Gasteiger charge is 2.26. The fourth-order valence-electron chi connectivity index (χ4n) is 2.36. The van der Waals surface area contributed by atoms with Crippen molar-refractivity contribution in [3.63, 3.8) is 0 Å². The minimum Gasteiger partial charge on any atom is -0.348 e. The lowest BCUT2D eigenvalue weighted by molar-refractivity contribution is -0.384. The van der Waals surface area contributed by atoms with Gasteiger partial charge in [-0.3, -0.25) is 10.1 Å². The zero-order chi connectivity index (χ0) is 13.1. The van der Waals surface area contributed by atoms with Crippen LogP contribution in [0.25, 0.3) is 0 Å². The summed E-state index contributed by atoms with van der Waals surface area (Å²) in [7, 11) is 0. The number of halogens is 1. The maximum absolute atomic E-state index is 11.1. The maximum Gasteiger partial charge on any atom is 0.311 e. The van der Waals surface area contributed by atoms with Gasteiger partial charge in [0.15, 0.2) is 0 Å². The summed E-state index contributed by atoms with van der Waals surface area (Å²) in [5, 5.41) is 11.4. The Bertz CT molecular complexity index is 453. The van der Waals surface area contributed by atoms with Gasteiger partial charge in [0.05, 0.1) is 4.92 Å². The molecule has 1 aromatic rings. The predicted molar refractivity (Wildman–Crippen MR) is 71.2 cm³/mol. The van der Waals surface area contributed by atoms with Gasteiger partial charge in [-0.05, 0) is 25.8 Å². The first-order chi connectivity index (χ1) is 8.59. The molecule has 1 aliphatic rings. The molecule has 1 unspecified atom stereocenters. The summed E-state index contributed by atoms with van der Waals surface area (Å²) in [6, 6.07) is 3.16. The maximum atomic E-state index is 11.1. The van der Waals surface area contributed by atoms with Crippen molar-refractivity contribution >= 4 is 23.1 Å².